The van der Waals surface area contributed by atoms with E-state index in [0.29, 0.717) is 18.1 Å². The number of benzene rings is 2. The molecule has 0 aliphatic rings. The summed E-state index contributed by atoms with van der Waals surface area (Å²) >= 11 is 0. The fourth-order valence-corrected chi connectivity index (χ4v) is 2.22. The molecular weight excluding hydrogens is 324 g/mol. The molecule has 0 aliphatic heterocycles. The van der Waals surface area contributed by atoms with E-state index in [0.717, 1.165) is 11.3 Å². The zero-order chi connectivity index (χ0) is 17.6. The van der Waals surface area contributed by atoms with E-state index in [2.05, 4.69) is 15.6 Å². The normalized spacial score (nSPS) is 11.7. The average molecular weight is 340 g/mol. The van der Waals surface area contributed by atoms with E-state index in [4.69, 9.17) is 9.37 Å². The first-order valence-corrected chi connectivity index (χ1v) is 7.66. The molecule has 1 N–H and O–H groups in total. The van der Waals surface area contributed by atoms with Crippen LogP contribution in [0.4, 0.5) is 11.4 Å². The van der Waals surface area contributed by atoms with Crippen LogP contribution in [0.2, 0.25) is 0 Å². The van der Waals surface area contributed by atoms with Gasteiger partial charge in [0.25, 0.3) is 11.6 Å². The van der Waals surface area contributed by atoms with E-state index in [1.165, 1.54) is 12.1 Å². The molecule has 0 saturated heterocycles. The number of aromatic nitrogens is 2. The van der Waals surface area contributed by atoms with Gasteiger partial charge < -0.3 is 10.1 Å². The van der Waals surface area contributed by atoms with Gasteiger partial charge in [-0.3, -0.25) is 10.1 Å². The van der Waals surface area contributed by atoms with Gasteiger partial charge in [0.15, 0.2) is 5.69 Å². The summed E-state index contributed by atoms with van der Waals surface area (Å²) < 4.78 is 10.6. The van der Waals surface area contributed by atoms with E-state index < -0.39 is 4.92 Å². The lowest BCUT2D eigenvalue weighted by atomic mass is 10.2. The third-order valence-electron chi connectivity index (χ3n) is 3.49. The summed E-state index contributed by atoms with van der Waals surface area (Å²) in [6.07, 6.45) is -0.218. The van der Waals surface area contributed by atoms with Crippen molar-refractivity contribution < 1.29 is 14.3 Å². The molecule has 3 rings (SSSR count). The molecule has 1 heterocycles. The summed E-state index contributed by atoms with van der Waals surface area (Å²) in [7, 11) is 0. The van der Waals surface area contributed by atoms with Gasteiger partial charge in [0, 0.05) is 23.4 Å². The van der Waals surface area contributed by atoms with E-state index in [9.17, 15) is 10.1 Å². The minimum Gasteiger partial charge on any atom is -0.469 e. The molecular formula is C17H16N4O4. The van der Waals surface area contributed by atoms with Gasteiger partial charge in [-0.1, -0.05) is 30.3 Å². The first kappa shape index (κ1) is 16.4. The second kappa shape index (κ2) is 7.43. The van der Waals surface area contributed by atoms with Gasteiger partial charge in [-0.2, -0.15) is 0 Å². The van der Waals surface area contributed by atoms with E-state index in [1.54, 1.807) is 12.1 Å². The van der Waals surface area contributed by atoms with Gasteiger partial charge in [-0.25, -0.2) is 4.63 Å². The Balaban J connectivity index is 1.59. The van der Waals surface area contributed by atoms with Crippen molar-refractivity contribution >= 4 is 11.4 Å². The summed E-state index contributed by atoms with van der Waals surface area (Å²) in [5.41, 5.74) is 2.22. The molecule has 0 saturated carbocycles. The van der Waals surface area contributed by atoms with Crippen LogP contribution in [-0.4, -0.2) is 27.9 Å². The molecule has 0 radical (unpaired) electrons. The largest absolute Gasteiger partial charge is 0.469 e. The molecule has 128 valence electrons. The van der Waals surface area contributed by atoms with Crippen molar-refractivity contribution in [2.75, 3.05) is 11.9 Å². The lowest BCUT2D eigenvalue weighted by Gasteiger charge is -2.14. The van der Waals surface area contributed by atoms with E-state index in [-0.39, 0.29) is 11.8 Å². The minimum atomic E-state index is -0.432. The minimum absolute atomic E-state index is 0.0519. The van der Waals surface area contributed by atoms with Crippen LogP contribution in [0.15, 0.2) is 59.2 Å². The number of nitro groups is 1. The van der Waals surface area contributed by atoms with E-state index in [1.807, 2.05) is 37.3 Å². The molecule has 8 heteroatoms. The maximum Gasteiger partial charge on any atom is 0.284 e. The Hall–Kier alpha value is -3.42. The summed E-state index contributed by atoms with van der Waals surface area (Å²) in [6.45, 7) is 2.36. The summed E-state index contributed by atoms with van der Waals surface area (Å²) in [5.74, 6) is 0.323. The molecule has 0 bridgehead atoms. The number of rotatable bonds is 7. The van der Waals surface area contributed by atoms with Gasteiger partial charge in [0.05, 0.1) is 11.5 Å². The highest BCUT2D eigenvalue weighted by Gasteiger charge is 2.16. The monoisotopic (exact) mass is 340 g/mol. The second-order valence-corrected chi connectivity index (χ2v) is 5.40. The highest BCUT2D eigenvalue weighted by molar-refractivity contribution is 5.63. The summed E-state index contributed by atoms with van der Waals surface area (Å²) in [4.78, 5) is 10.2. The SMILES string of the molecule is C[C@H](CNc1ccc([N+](=O)[O-])cc1)Oc1nonc1-c1ccccc1. The molecule has 0 fully saturated rings. The molecule has 0 amide bonds. The van der Waals surface area contributed by atoms with Crippen LogP contribution in [0.1, 0.15) is 6.92 Å². The maximum atomic E-state index is 10.6. The van der Waals surface area contributed by atoms with Crippen LogP contribution < -0.4 is 10.1 Å². The van der Waals surface area contributed by atoms with Crippen molar-refractivity contribution in [2.45, 2.75) is 13.0 Å². The molecule has 0 spiro atoms. The number of hydrogen-bond donors (Lipinski definition) is 1. The van der Waals surface area contributed by atoms with Crippen molar-refractivity contribution in [3.8, 4) is 17.1 Å². The Morgan fingerprint density at radius 1 is 1.16 bits per heavy atom. The molecule has 8 nitrogen and oxygen atoms in total. The predicted octanol–water partition coefficient (Wildman–Crippen LogP) is 3.52. The molecule has 0 aliphatic carbocycles. The number of non-ortho nitro benzene ring substituents is 1. The molecule has 2 aromatic carbocycles. The van der Waals surface area contributed by atoms with Gasteiger partial charge in [-0.15, -0.1) is 0 Å². The van der Waals surface area contributed by atoms with Crippen molar-refractivity contribution in [2.24, 2.45) is 0 Å². The van der Waals surface area contributed by atoms with Gasteiger partial charge >= 0.3 is 0 Å². The molecule has 1 atom stereocenters. The quantitative estimate of drug-likeness (QED) is 0.518. The number of nitrogens with one attached hydrogen (secondary N) is 1. The number of ether oxygens (including phenoxy) is 1. The van der Waals surface area contributed by atoms with Crippen LogP contribution in [0, 0.1) is 10.1 Å². The fourth-order valence-electron chi connectivity index (χ4n) is 2.22. The topological polar surface area (TPSA) is 103 Å². The van der Waals surface area contributed by atoms with Crippen molar-refractivity contribution in [1.82, 2.24) is 10.3 Å². The van der Waals surface area contributed by atoms with Crippen LogP contribution in [0.5, 0.6) is 5.88 Å². The van der Waals surface area contributed by atoms with Gasteiger partial charge in [-0.05, 0) is 29.4 Å². The summed E-state index contributed by atoms with van der Waals surface area (Å²) in [5, 5.41) is 21.5. The lowest BCUT2D eigenvalue weighted by Crippen LogP contribution is -2.23. The van der Waals surface area contributed by atoms with Crippen LogP contribution in [0.3, 0.4) is 0 Å². The first-order valence-electron chi connectivity index (χ1n) is 7.66. The highest BCUT2D eigenvalue weighted by Crippen LogP contribution is 2.26. The van der Waals surface area contributed by atoms with Crippen LogP contribution in [-0.2, 0) is 0 Å². The third-order valence-corrected chi connectivity index (χ3v) is 3.49. The molecule has 3 aromatic rings. The van der Waals surface area contributed by atoms with Gasteiger partial charge in [0.1, 0.15) is 6.10 Å². The van der Waals surface area contributed by atoms with Gasteiger partial charge in [0.2, 0.25) is 0 Å². The Kier molecular flexibility index (Phi) is 4.89. The smallest absolute Gasteiger partial charge is 0.284 e. The standard InChI is InChI=1S/C17H16N4O4/c1-12(11-18-14-7-9-15(10-8-14)21(22)23)24-17-16(19-25-20-17)13-5-3-2-4-6-13/h2-10,12,18H,11H2,1H3/t12-/m1/s1. The van der Waals surface area contributed by atoms with Crippen LogP contribution in [0.25, 0.3) is 11.3 Å². The fraction of sp³-hybridized carbons (Fsp3) is 0.176. The molecule has 0 unspecified atom stereocenters. The Morgan fingerprint density at radius 3 is 2.56 bits per heavy atom. The zero-order valence-electron chi connectivity index (χ0n) is 13.5. The zero-order valence-corrected chi connectivity index (χ0v) is 13.5. The predicted molar refractivity (Wildman–Crippen MR) is 91.4 cm³/mol. The van der Waals surface area contributed by atoms with Crippen molar-refractivity contribution in [3.05, 3.63) is 64.7 Å². The average Bonchev–Trinajstić information content (AvgIpc) is 3.09. The Labute approximate surface area is 143 Å². The molecule has 1 aromatic heterocycles. The van der Waals surface area contributed by atoms with Crippen LogP contribution >= 0.6 is 0 Å². The Morgan fingerprint density at radius 2 is 1.88 bits per heavy atom. The highest BCUT2D eigenvalue weighted by atomic mass is 16.6. The van der Waals surface area contributed by atoms with Crippen molar-refractivity contribution in [1.29, 1.82) is 0 Å². The number of hydrogen-bond acceptors (Lipinski definition) is 7. The first-order chi connectivity index (χ1) is 12.1. The van der Waals surface area contributed by atoms with E-state index >= 15 is 0 Å². The third kappa shape index (κ3) is 4.11. The number of anilines is 1. The summed E-state index contributed by atoms with van der Waals surface area (Å²) in [6, 6.07) is 15.7. The second-order valence-electron chi connectivity index (χ2n) is 5.40. The van der Waals surface area contributed by atoms with Crippen molar-refractivity contribution in [3.63, 3.8) is 0 Å². The maximum absolute atomic E-state index is 10.6. The number of nitrogens with zero attached hydrogens (tertiary/aromatic N) is 3. The lowest BCUT2D eigenvalue weighted by molar-refractivity contribution is -0.384. The number of nitro benzene ring substituents is 1. The molecule has 25 heavy (non-hydrogen) atoms. The Bertz CT molecular complexity index is 833.